The van der Waals surface area contributed by atoms with Crippen molar-refractivity contribution in [1.82, 2.24) is 9.78 Å². The molecule has 26 heavy (non-hydrogen) atoms. The van der Waals surface area contributed by atoms with Crippen LogP contribution in [0.15, 0.2) is 24.3 Å². The predicted molar refractivity (Wildman–Crippen MR) is 97.4 cm³/mol. The lowest BCUT2D eigenvalue weighted by atomic mass is 9.85. The first-order valence-corrected chi connectivity index (χ1v) is 10.4. The normalized spacial score (nSPS) is 24.2. The predicted octanol–water partition coefficient (Wildman–Crippen LogP) is 2.03. The number of carbonyl (C=O) groups is 1. The van der Waals surface area contributed by atoms with E-state index in [9.17, 15) is 13.2 Å². The number of ether oxygens (including phenoxy) is 1. The molecule has 8 heteroatoms. The molecule has 2 aromatic rings. The van der Waals surface area contributed by atoms with Crippen molar-refractivity contribution in [2.45, 2.75) is 31.7 Å². The zero-order valence-electron chi connectivity index (χ0n) is 14.7. The van der Waals surface area contributed by atoms with E-state index >= 15 is 0 Å². The molecule has 0 aliphatic carbocycles. The third-order valence-corrected chi connectivity index (χ3v) is 6.93. The number of amides is 1. The maximum atomic E-state index is 12.4. The number of carbonyl (C=O) groups excluding carboxylic acids is 1. The summed E-state index contributed by atoms with van der Waals surface area (Å²) in [6, 6.07) is 7.46. The molecule has 138 valence electrons. The maximum Gasteiger partial charge on any atom is 0.226 e. The highest BCUT2D eigenvalue weighted by Crippen LogP contribution is 2.42. The Morgan fingerprint density at radius 2 is 2.15 bits per heavy atom. The zero-order valence-corrected chi connectivity index (χ0v) is 15.5. The van der Waals surface area contributed by atoms with Crippen molar-refractivity contribution in [3.8, 4) is 5.75 Å². The smallest absolute Gasteiger partial charge is 0.226 e. The average Bonchev–Trinajstić information content (AvgIpc) is 3.13. The number of sulfone groups is 1. The second-order valence-corrected chi connectivity index (χ2v) is 9.16. The number of fused-ring (bicyclic) bond motifs is 1. The van der Waals surface area contributed by atoms with Crippen LogP contribution in [0.2, 0.25) is 0 Å². The van der Waals surface area contributed by atoms with Gasteiger partial charge in [-0.25, -0.2) is 13.1 Å². The third kappa shape index (κ3) is 2.88. The van der Waals surface area contributed by atoms with E-state index in [1.807, 2.05) is 31.2 Å². The molecule has 0 saturated carbocycles. The van der Waals surface area contributed by atoms with Gasteiger partial charge in [-0.2, -0.15) is 5.10 Å². The van der Waals surface area contributed by atoms with Crippen LogP contribution in [0.5, 0.6) is 5.75 Å². The van der Waals surface area contributed by atoms with Gasteiger partial charge >= 0.3 is 0 Å². The van der Waals surface area contributed by atoms with Crippen molar-refractivity contribution in [1.29, 1.82) is 0 Å². The largest absolute Gasteiger partial charge is 0.497 e. The minimum absolute atomic E-state index is 0.0697. The molecular weight excluding hydrogens is 354 g/mol. The number of hydrogen-bond donors (Lipinski definition) is 1. The molecule has 1 saturated heterocycles. The van der Waals surface area contributed by atoms with E-state index in [1.165, 1.54) is 0 Å². The van der Waals surface area contributed by atoms with Gasteiger partial charge in [0, 0.05) is 17.9 Å². The van der Waals surface area contributed by atoms with Gasteiger partial charge in [0.15, 0.2) is 9.84 Å². The standard InChI is InChI=1S/C18H21N3O4S/c1-11-17-15(12-4-3-5-14(8-12)25-2)9-16(22)19-18(17)21(20-11)13-6-7-26(23,24)10-13/h3-5,8,13,15H,6-7,9-10H2,1-2H3,(H,19,22)/t13-,15-/m0/s1. The quantitative estimate of drug-likeness (QED) is 0.886. The van der Waals surface area contributed by atoms with E-state index in [0.717, 1.165) is 22.6 Å². The number of anilines is 1. The minimum atomic E-state index is -3.04. The van der Waals surface area contributed by atoms with Gasteiger partial charge in [-0.15, -0.1) is 0 Å². The monoisotopic (exact) mass is 375 g/mol. The summed E-state index contributed by atoms with van der Waals surface area (Å²) in [5, 5.41) is 7.52. The summed E-state index contributed by atoms with van der Waals surface area (Å²) in [6.07, 6.45) is 0.852. The van der Waals surface area contributed by atoms with Crippen molar-refractivity contribution >= 4 is 21.6 Å². The molecule has 1 amide bonds. The number of hydrogen-bond acceptors (Lipinski definition) is 5. The van der Waals surface area contributed by atoms with Crippen LogP contribution >= 0.6 is 0 Å². The fourth-order valence-electron chi connectivity index (χ4n) is 3.95. The Bertz CT molecular complexity index is 980. The molecule has 2 aliphatic rings. The molecule has 0 spiro atoms. The number of aromatic nitrogens is 2. The number of nitrogens with one attached hydrogen (secondary N) is 1. The second-order valence-electron chi connectivity index (χ2n) is 6.93. The van der Waals surface area contributed by atoms with E-state index in [0.29, 0.717) is 18.7 Å². The Morgan fingerprint density at radius 3 is 2.85 bits per heavy atom. The van der Waals surface area contributed by atoms with Crippen LogP contribution in [0.3, 0.4) is 0 Å². The molecule has 1 N–H and O–H groups in total. The fraction of sp³-hybridized carbons (Fsp3) is 0.444. The molecule has 1 aromatic carbocycles. The van der Waals surface area contributed by atoms with Gasteiger partial charge in [-0.1, -0.05) is 12.1 Å². The number of benzene rings is 1. The van der Waals surface area contributed by atoms with Crippen LogP contribution in [-0.2, 0) is 14.6 Å². The van der Waals surface area contributed by atoms with Crippen molar-refractivity contribution in [2.75, 3.05) is 23.9 Å². The summed E-state index contributed by atoms with van der Waals surface area (Å²) < 4.78 is 30.8. The van der Waals surface area contributed by atoms with Crippen LogP contribution < -0.4 is 10.1 Å². The molecule has 0 unspecified atom stereocenters. The number of methoxy groups -OCH3 is 1. The lowest BCUT2D eigenvalue weighted by molar-refractivity contribution is -0.116. The van der Waals surface area contributed by atoms with Crippen LogP contribution in [0.25, 0.3) is 0 Å². The second kappa shape index (κ2) is 6.12. The van der Waals surface area contributed by atoms with Gasteiger partial charge in [0.1, 0.15) is 11.6 Å². The van der Waals surface area contributed by atoms with Gasteiger partial charge in [0.05, 0.1) is 30.4 Å². The SMILES string of the molecule is COc1cccc([C@@H]2CC(=O)Nc3c2c(C)nn3[C@H]2CCS(=O)(=O)C2)c1. The van der Waals surface area contributed by atoms with Gasteiger partial charge in [-0.3, -0.25) is 4.79 Å². The molecule has 7 nitrogen and oxygen atoms in total. The number of rotatable bonds is 3. The lowest BCUT2D eigenvalue weighted by Crippen LogP contribution is -2.26. The van der Waals surface area contributed by atoms with E-state index in [1.54, 1.807) is 11.8 Å². The van der Waals surface area contributed by atoms with Gasteiger partial charge < -0.3 is 10.1 Å². The molecule has 1 fully saturated rings. The van der Waals surface area contributed by atoms with E-state index < -0.39 is 9.84 Å². The summed E-state index contributed by atoms with van der Waals surface area (Å²) in [5.74, 6) is 1.39. The van der Waals surface area contributed by atoms with Crippen LogP contribution in [0.1, 0.15) is 41.6 Å². The summed E-state index contributed by atoms with van der Waals surface area (Å²) in [7, 11) is -1.43. The Kier molecular flexibility index (Phi) is 4.02. The van der Waals surface area contributed by atoms with Gasteiger partial charge in [0.25, 0.3) is 0 Å². The number of nitrogens with zero attached hydrogens (tertiary/aromatic N) is 2. The minimum Gasteiger partial charge on any atom is -0.497 e. The molecule has 2 atom stereocenters. The molecule has 3 heterocycles. The summed E-state index contributed by atoms with van der Waals surface area (Å²) in [5.41, 5.74) is 2.77. The molecule has 0 radical (unpaired) electrons. The molecule has 0 bridgehead atoms. The van der Waals surface area contributed by atoms with Gasteiger partial charge in [-0.05, 0) is 31.0 Å². The first-order chi connectivity index (χ1) is 12.4. The molecule has 4 rings (SSSR count). The summed E-state index contributed by atoms with van der Waals surface area (Å²) in [6.45, 7) is 1.91. The first-order valence-electron chi connectivity index (χ1n) is 8.61. The van der Waals surface area contributed by atoms with E-state index in [4.69, 9.17) is 4.74 Å². The zero-order chi connectivity index (χ0) is 18.5. The van der Waals surface area contributed by atoms with Crippen molar-refractivity contribution in [3.05, 3.63) is 41.1 Å². The Labute approximate surface area is 152 Å². The van der Waals surface area contributed by atoms with Crippen molar-refractivity contribution < 1.29 is 17.9 Å². The van der Waals surface area contributed by atoms with Crippen molar-refractivity contribution in [3.63, 3.8) is 0 Å². The molecular formula is C18H21N3O4S. The fourth-order valence-corrected chi connectivity index (χ4v) is 5.64. The Balaban J connectivity index is 1.80. The first kappa shape index (κ1) is 17.1. The highest BCUT2D eigenvalue weighted by atomic mass is 32.2. The maximum absolute atomic E-state index is 12.4. The van der Waals surface area contributed by atoms with Crippen molar-refractivity contribution in [2.24, 2.45) is 0 Å². The summed E-state index contributed by atoms with van der Waals surface area (Å²) in [4.78, 5) is 12.4. The third-order valence-electron chi connectivity index (χ3n) is 5.18. The lowest BCUT2D eigenvalue weighted by Gasteiger charge is -2.25. The average molecular weight is 375 g/mol. The number of aryl methyl sites for hydroxylation is 1. The van der Waals surface area contributed by atoms with Crippen LogP contribution in [0.4, 0.5) is 5.82 Å². The molecule has 1 aromatic heterocycles. The van der Waals surface area contributed by atoms with E-state index in [2.05, 4.69) is 10.4 Å². The molecule has 2 aliphatic heterocycles. The van der Waals surface area contributed by atoms with Crippen LogP contribution in [-0.4, -0.2) is 42.7 Å². The highest BCUT2D eigenvalue weighted by Gasteiger charge is 2.37. The van der Waals surface area contributed by atoms with Gasteiger partial charge in [0.2, 0.25) is 5.91 Å². The van der Waals surface area contributed by atoms with Crippen LogP contribution in [0, 0.1) is 6.92 Å². The topological polar surface area (TPSA) is 90.3 Å². The van der Waals surface area contributed by atoms with E-state index in [-0.39, 0.29) is 29.4 Å². The highest BCUT2D eigenvalue weighted by molar-refractivity contribution is 7.91. The Morgan fingerprint density at radius 1 is 1.35 bits per heavy atom. The Hall–Kier alpha value is -2.35. The summed E-state index contributed by atoms with van der Waals surface area (Å²) >= 11 is 0.